The zero-order valence-electron chi connectivity index (χ0n) is 8.72. The number of rotatable bonds is 2. The first-order chi connectivity index (χ1) is 8.08. The highest BCUT2D eigenvalue weighted by atomic mass is 19.1. The lowest BCUT2D eigenvalue weighted by atomic mass is 10.0. The minimum atomic E-state index is -0.434. The summed E-state index contributed by atoms with van der Waals surface area (Å²) in [4.78, 5) is 11.9. The SMILES string of the molecule is O=C(c1ccc(F)cc1)c1ccc(O)cc1O.[HH].[HH]. The number of carbonyl (C=O) groups is 1. The summed E-state index contributed by atoms with van der Waals surface area (Å²) < 4.78 is 12.7. The molecule has 2 rings (SSSR count). The fourth-order valence-corrected chi connectivity index (χ4v) is 1.47. The molecule has 3 nitrogen and oxygen atoms in total. The average molecular weight is 236 g/mol. The molecule has 2 aromatic carbocycles. The Hall–Kier alpha value is -2.36. The maximum atomic E-state index is 12.7. The zero-order chi connectivity index (χ0) is 12.4. The minimum Gasteiger partial charge on any atom is -0.508 e. The zero-order valence-corrected chi connectivity index (χ0v) is 8.72. The maximum Gasteiger partial charge on any atom is 0.196 e. The summed E-state index contributed by atoms with van der Waals surface area (Å²) in [6, 6.07) is 8.72. The number of hydrogen-bond acceptors (Lipinski definition) is 3. The Morgan fingerprint density at radius 3 is 2.29 bits per heavy atom. The van der Waals surface area contributed by atoms with E-state index in [0.717, 1.165) is 6.07 Å². The van der Waals surface area contributed by atoms with Crippen LogP contribution in [-0.2, 0) is 0 Å². The normalized spacial score (nSPS) is 10.2. The number of phenols is 2. The molecule has 0 aliphatic heterocycles. The Morgan fingerprint density at radius 2 is 1.71 bits per heavy atom. The molecule has 4 heteroatoms. The van der Waals surface area contributed by atoms with Crippen LogP contribution >= 0.6 is 0 Å². The van der Waals surface area contributed by atoms with Crippen molar-refractivity contribution < 1.29 is 22.3 Å². The lowest BCUT2D eigenvalue weighted by Crippen LogP contribution is -2.01. The highest BCUT2D eigenvalue weighted by Gasteiger charge is 2.13. The lowest BCUT2D eigenvalue weighted by molar-refractivity contribution is 0.103. The quantitative estimate of drug-likeness (QED) is 0.788. The monoisotopic (exact) mass is 236 g/mol. The van der Waals surface area contributed by atoms with Crippen LogP contribution in [0.5, 0.6) is 11.5 Å². The summed E-state index contributed by atoms with van der Waals surface area (Å²) in [6.45, 7) is 0. The molecule has 0 aromatic heterocycles. The third-order valence-corrected chi connectivity index (χ3v) is 2.33. The average Bonchev–Trinajstić information content (AvgIpc) is 2.29. The van der Waals surface area contributed by atoms with Crippen molar-refractivity contribution in [1.82, 2.24) is 0 Å². The van der Waals surface area contributed by atoms with Gasteiger partial charge in [0.05, 0.1) is 5.56 Å². The Bertz CT molecular complexity index is 571. The van der Waals surface area contributed by atoms with Gasteiger partial charge in [0.15, 0.2) is 5.78 Å². The molecule has 0 aliphatic carbocycles. The largest absolute Gasteiger partial charge is 0.508 e. The second kappa shape index (κ2) is 4.25. The van der Waals surface area contributed by atoms with E-state index in [1.54, 1.807) is 0 Å². The van der Waals surface area contributed by atoms with Crippen LogP contribution in [0, 0.1) is 5.82 Å². The number of halogens is 1. The van der Waals surface area contributed by atoms with Gasteiger partial charge in [0.2, 0.25) is 0 Å². The van der Waals surface area contributed by atoms with Gasteiger partial charge in [0, 0.05) is 14.5 Å². The van der Waals surface area contributed by atoms with E-state index < -0.39 is 11.6 Å². The summed E-state index contributed by atoms with van der Waals surface area (Å²) in [5.74, 6) is -1.29. The van der Waals surface area contributed by atoms with Crippen molar-refractivity contribution in [3.8, 4) is 11.5 Å². The fraction of sp³-hybridized carbons (Fsp3) is 0. The van der Waals surface area contributed by atoms with Gasteiger partial charge in [-0.25, -0.2) is 4.39 Å². The molecule has 90 valence electrons. The lowest BCUT2D eigenvalue weighted by Gasteiger charge is -2.04. The summed E-state index contributed by atoms with van der Waals surface area (Å²) in [5.41, 5.74) is 0.335. The Kier molecular flexibility index (Phi) is 2.78. The molecule has 0 bridgehead atoms. The molecule has 2 aromatic rings. The van der Waals surface area contributed by atoms with E-state index >= 15 is 0 Å². The molecule has 0 saturated heterocycles. The van der Waals surface area contributed by atoms with Crippen LogP contribution in [0.15, 0.2) is 42.5 Å². The molecule has 0 fully saturated rings. The summed E-state index contributed by atoms with van der Waals surface area (Å²) in [6.07, 6.45) is 0. The van der Waals surface area contributed by atoms with Gasteiger partial charge in [-0.2, -0.15) is 0 Å². The van der Waals surface area contributed by atoms with Gasteiger partial charge in [0.1, 0.15) is 17.3 Å². The van der Waals surface area contributed by atoms with Crippen LogP contribution in [-0.4, -0.2) is 16.0 Å². The van der Waals surface area contributed by atoms with Gasteiger partial charge in [0.25, 0.3) is 0 Å². The van der Waals surface area contributed by atoms with Crippen molar-refractivity contribution in [1.29, 1.82) is 0 Å². The van der Waals surface area contributed by atoms with Crippen LogP contribution in [0.2, 0.25) is 0 Å². The van der Waals surface area contributed by atoms with Crippen molar-refractivity contribution in [3.05, 3.63) is 59.4 Å². The summed E-state index contributed by atoms with van der Waals surface area (Å²) in [5, 5.41) is 18.6. The van der Waals surface area contributed by atoms with Crippen LogP contribution in [0.1, 0.15) is 18.8 Å². The van der Waals surface area contributed by atoms with Crippen LogP contribution in [0.4, 0.5) is 4.39 Å². The summed E-state index contributed by atoms with van der Waals surface area (Å²) >= 11 is 0. The molecule has 0 saturated carbocycles. The van der Waals surface area contributed by atoms with E-state index in [1.165, 1.54) is 36.4 Å². The van der Waals surface area contributed by atoms with Gasteiger partial charge in [-0.05, 0) is 36.4 Å². The third kappa shape index (κ3) is 2.25. The van der Waals surface area contributed by atoms with Crippen molar-refractivity contribution in [3.63, 3.8) is 0 Å². The van der Waals surface area contributed by atoms with Crippen molar-refractivity contribution >= 4 is 5.78 Å². The Balaban J connectivity index is 0.00000162. The molecule has 17 heavy (non-hydrogen) atoms. The first-order valence-corrected chi connectivity index (χ1v) is 4.90. The number of hydrogen-bond donors (Lipinski definition) is 2. The summed E-state index contributed by atoms with van der Waals surface area (Å²) in [7, 11) is 0. The first-order valence-electron chi connectivity index (χ1n) is 4.90. The minimum absolute atomic E-state index is 0. The maximum absolute atomic E-state index is 12.7. The predicted octanol–water partition coefficient (Wildman–Crippen LogP) is 2.96. The molecule has 0 atom stereocenters. The van der Waals surface area contributed by atoms with Crippen molar-refractivity contribution in [2.24, 2.45) is 0 Å². The van der Waals surface area contributed by atoms with E-state index in [0.29, 0.717) is 0 Å². The molecule has 0 amide bonds. The van der Waals surface area contributed by atoms with E-state index in [2.05, 4.69) is 0 Å². The van der Waals surface area contributed by atoms with Crippen molar-refractivity contribution in [2.75, 3.05) is 0 Å². The highest BCUT2D eigenvalue weighted by Crippen LogP contribution is 2.24. The Morgan fingerprint density at radius 1 is 1.06 bits per heavy atom. The highest BCUT2D eigenvalue weighted by molar-refractivity contribution is 6.10. The molecule has 0 heterocycles. The Labute approximate surface area is 99.7 Å². The smallest absolute Gasteiger partial charge is 0.196 e. The molecule has 0 aliphatic rings. The van der Waals surface area contributed by atoms with Gasteiger partial charge >= 0.3 is 0 Å². The van der Waals surface area contributed by atoms with E-state index in [-0.39, 0.29) is 25.5 Å². The second-order valence-electron chi connectivity index (χ2n) is 3.54. The molecule has 0 spiro atoms. The van der Waals surface area contributed by atoms with E-state index in [9.17, 15) is 14.3 Å². The van der Waals surface area contributed by atoms with Gasteiger partial charge in [-0.1, -0.05) is 0 Å². The van der Waals surface area contributed by atoms with Crippen LogP contribution < -0.4 is 0 Å². The number of ketones is 1. The molecular formula is C13H13FO3. The number of carbonyl (C=O) groups excluding carboxylic acids is 1. The number of aromatic hydroxyl groups is 2. The topological polar surface area (TPSA) is 57.5 Å². The van der Waals surface area contributed by atoms with Crippen LogP contribution in [0.25, 0.3) is 0 Å². The van der Waals surface area contributed by atoms with Gasteiger partial charge in [-0.3, -0.25) is 4.79 Å². The standard InChI is InChI=1S/C13H9FO3.2H2/c14-9-3-1-8(2-4-9)13(17)11-6-5-10(15)7-12(11)16;;/h1-7,15-16H;2*1H. The van der Waals surface area contributed by atoms with Gasteiger partial charge < -0.3 is 10.2 Å². The first kappa shape index (κ1) is 11.1. The molecule has 0 radical (unpaired) electrons. The van der Waals surface area contributed by atoms with Gasteiger partial charge in [-0.15, -0.1) is 0 Å². The molecular weight excluding hydrogens is 223 g/mol. The second-order valence-corrected chi connectivity index (χ2v) is 3.54. The van der Waals surface area contributed by atoms with E-state index in [4.69, 9.17) is 5.11 Å². The van der Waals surface area contributed by atoms with Crippen molar-refractivity contribution in [2.45, 2.75) is 0 Å². The number of phenolic OH excluding ortho intramolecular Hbond substituents is 2. The van der Waals surface area contributed by atoms with Crippen LogP contribution in [0.3, 0.4) is 0 Å². The van der Waals surface area contributed by atoms with E-state index in [1.807, 2.05) is 0 Å². The third-order valence-electron chi connectivity index (χ3n) is 2.33. The predicted molar refractivity (Wildman–Crippen MR) is 63.8 cm³/mol. The molecule has 0 unspecified atom stereocenters. The number of benzene rings is 2. The fourth-order valence-electron chi connectivity index (χ4n) is 1.47. The molecule has 2 N–H and O–H groups in total.